The molecule has 24 heavy (non-hydrogen) atoms. The zero-order chi connectivity index (χ0) is 17.0. The Morgan fingerprint density at radius 1 is 1.50 bits per heavy atom. The lowest BCUT2D eigenvalue weighted by Crippen LogP contribution is -2.47. The fraction of sp³-hybridized carbons (Fsp3) is 0.333. The molecule has 1 amide bonds. The van der Waals surface area contributed by atoms with Gasteiger partial charge in [-0.1, -0.05) is 41.6 Å². The van der Waals surface area contributed by atoms with Crippen molar-refractivity contribution in [3.05, 3.63) is 77.5 Å². The third-order valence-corrected chi connectivity index (χ3v) is 4.70. The van der Waals surface area contributed by atoms with Crippen LogP contribution in [0.3, 0.4) is 0 Å². The van der Waals surface area contributed by atoms with E-state index in [0.717, 1.165) is 0 Å². The van der Waals surface area contributed by atoms with E-state index >= 15 is 0 Å². The highest BCUT2D eigenvalue weighted by molar-refractivity contribution is 5.80. The van der Waals surface area contributed by atoms with Gasteiger partial charge in [0.15, 0.2) is 0 Å². The summed E-state index contributed by atoms with van der Waals surface area (Å²) in [5.41, 5.74) is 9.13. The molecule has 1 aliphatic heterocycles. The molecule has 0 radical (unpaired) electrons. The number of carbonyl (C=O) groups is 1. The molecule has 1 saturated heterocycles. The van der Waals surface area contributed by atoms with Gasteiger partial charge in [0.2, 0.25) is 5.91 Å². The predicted molar refractivity (Wildman–Crippen MR) is 91.8 cm³/mol. The Labute approximate surface area is 140 Å². The number of hydrogen-bond acceptors (Lipinski definition) is 3. The summed E-state index contributed by atoms with van der Waals surface area (Å²) in [4.78, 5) is 21.8. The first-order valence-electron chi connectivity index (χ1n) is 7.94. The minimum Gasteiger partial charge on any atom is -0.329 e. The van der Waals surface area contributed by atoms with E-state index < -0.39 is 11.6 Å². The van der Waals surface area contributed by atoms with Gasteiger partial charge in [0.05, 0.1) is 11.6 Å². The van der Waals surface area contributed by atoms with Crippen LogP contribution in [0.5, 0.6) is 0 Å². The van der Waals surface area contributed by atoms with Gasteiger partial charge >= 0.3 is 0 Å². The lowest BCUT2D eigenvalue weighted by molar-refractivity contribution is -0.130. The van der Waals surface area contributed by atoms with Crippen LogP contribution in [0, 0.1) is 5.92 Å². The van der Waals surface area contributed by atoms with Crippen molar-refractivity contribution in [1.82, 2.24) is 9.88 Å². The maximum absolute atomic E-state index is 12.7. The second kappa shape index (κ2) is 6.72. The Bertz CT molecular complexity index is 735. The van der Waals surface area contributed by atoms with Crippen LogP contribution in [0.1, 0.15) is 24.6 Å². The second-order valence-electron chi connectivity index (χ2n) is 6.06. The molecule has 1 aromatic heterocycles. The maximum atomic E-state index is 12.7. The summed E-state index contributed by atoms with van der Waals surface area (Å²) >= 11 is 0. The van der Waals surface area contributed by atoms with Crippen molar-refractivity contribution >= 4 is 5.91 Å². The molecule has 0 spiro atoms. The van der Waals surface area contributed by atoms with E-state index in [-0.39, 0.29) is 11.8 Å². The largest absolute Gasteiger partial charge is 0.329 e. The molecule has 1 unspecified atom stereocenters. The van der Waals surface area contributed by atoms with Crippen LogP contribution < -0.4 is 0 Å². The highest BCUT2D eigenvalue weighted by Gasteiger charge is 2.43. The minimum absolute atomic E-state index is 0.0499. The van der Waals surface area contributed by atoms with Gasteiger partial charge in [-0.05, 0) is 30.0 Å². The third-order valence-electron chi connectivity index (χ3n) is 4.70. The van der Waals surface area contributed by atoms with Crippen molar-refractivity contribution in [2.75, 3.05) is 6.54 Å². The SMILES string of the molecule is C=C[C@@]1(N2C[C@H](C(N=[N+]=[N-])c3ccccn3)CC2=O)C=CC=CC1. The summed E-state index contributed by atoms with van der Waals surface area (Å²) in [6.07, 6.45) is 12.5. The summed E-state index contributed by atoms with van der Waals surface area (Å²) in [6.45, 7) is 4.44. The third kappa shape index (κ3) is 2.84. The van der Waals surface area contributed by atoms with Crippen LogP contribution in [0.4, 0.5) is 0 Å². The second-order valence-corrected chi connectivity index (χ2v) is 6.06. The zero-order valence-electron chi connectivity index (χ0n) is 13.3. The molecular weight excluding hydrogens is 302 g/mol. The Balaban J connectivity index is 1.88. The fourth-order valence-corrected chi connectivity index (χ4v) is 3.44. The minimum atomic E-state index is -0.494. The lowest BCUT2D eigenvalue weighted by Gasteiger charge is -2.38. The Kier molecular flexibility index (Phi) is 4.49. The zero-order valence-corrected chi connectivity index (χ0v) is 13.3. The van der Waals surface area contributed by atoms with Crippen LogP contribution in [-0.2, 0) is 4.79 Å². The number of pyridine rings is 1. The molecule has 0 aromatic carbocycles. The van der Waals surface area contributed by atoms with Gasteiger partial charge in [0.1, 0.15) is 0 Å². The van der Waals surface area contributed by atoms with Gasteiger partial charge < -0.3 is 4.90 Å². The number of hydrogen-bond donors (Lipinski definition) is 0. The normalized spacial score (nSPS) is 26.9. The molecule has 3 atom stereocenters. The van der Waals surface area contributed by atoms with Crippen LogP contribution in [-0.4, -0.2) is 27.9 Å². The number of azide groups is 1. The van der Waals surface area contributed by atoms with Gasteiger partial charge in [0, 0.05) is 29.8 Å². The van der Waals surface area contributed by atoms with Crippen molar-refractivity contribution in [3.63, 3.8) is 0 Å². The molecule has 3 rings (SSSR count). The topological polar surface area (TPSA) is 82.0 Å². The van der Waals surface area contributed by atoms with Gasteiger partial charge in [-0.15, -0.1) is 6.58 Å². The number of allylic oxidation sites excluding steroid dienone is 2. The average Bonchev–Trinajstić information content (AvgIpc) is 3.03. The highest BCUT2D eigenvalue weighted by atomic mass is 16.2. The molecule has 1 aliphatic carbocycles. The summed E-state index contributed by atoms with van der Waals surface area (Å²) in [5, 5.41) is 3.92. The molecular formula is C18H19N5O. The molecule has 0 saturated carbocycles. The Hall–Kier alpha value is -2.85. The smallest absolute Gasteiger partial charge is 0.223 e. The number of nitrogens with zero attached hydrogens (tertiary/aromatic N) is 5. The van der Waals surface area contributed by atoms with Gasteiger partial charge in [-0.2, -0.15) is 0 Å². The van der Waals surface area contributed by atoms with Gasteiger partial charge in [-0.25, -0.2) is 0 Å². The van der Waals surface area contributed by atoms with Gasteiger partial charge in [-0.3, -0.25) is 9.78 Å². The Morgan fingerprint density at radius 2 is 2.38 bits per heavy atom. The summed E-state index contributed by atoms with van der Waals surface area (Å²) in [5.74, 6) is -0.0478. The van der Waals surface area contributed by atoms with Crippen LogP contribution in [0.15, 0.2) is 66.5 Å². The maximum Gasteiger partial charge on any atom is 0.223 e. The molecule has 0 N–H and O–H groups in total. The van der Waals surface area contributed by atoms with E-state index in [4.69, 9.17) is 5.53 Å². The van der Waals surface area contributed by atoms with Crippen LogP contribution in [0.2, 0.25) is 0 Å². The first kappa shape index (κ1) is 16.0. The summed E-state index contributed by atoms with van der Waals surface area (Å²) < 4.78 is 0. The first-order chi connectivity index (χ1) is 11.7. The van der Waals surface area contributed by atoms with E-state index in [1.807, 2.05) is 53.5 Å². The number of likely N-dealkylation sites (tertiary alicyclic amines) is 1. The number of carbonyl (C=O) groups excluding carboxylic acids is 1. The first-order valence-corrected chi connectivity index (χ1v) is 7.94. The number of amides is 1. The summed E-state index contributed by atoms with van der Waals surface area (Å²) in [6, 6.07) is 5.06. The van der Waals surface area contributed by atoms with Crippen molar-refractivity contribution in [1.29, 1.82) is 0 Å². The molecule has 2 aliphatic rings. The molecule has 1 aromatic rings. The lowest BCUT2D eigenvalue weighted by atomic mass is 9.89. The van der Waals surface area contributed by atoms with Crippen molar-refractivity contribution in [2.45, 2.75) is 24.4 Å². The molecule has 6 nitrogen and oxygen atoms in total. The Morgan fingerprint density at radius 3 is 3.00 bits per heavy atom. The molecule has 1 fully saturated rings. The van der Waals surface area contributed by atoms with E-state index in [1.54, 1.807) is 6.20 Å². The van der Waals surface area contributed by atoms with Crippen LogP contribution >= 0.6 is 0 Å². The quantitative estimate of drug-likeness (QED) is 0.358. The molecule has 6 heteroatoms. The van der Waals surface area contributed by atoms with E-state index in [9.17, 15) is 4.79 Å². The van der Waals surface area contributed by atoms with E-state index in [2.05, 4.69) is 21.6 Å². The highest BCUT2D eigenvalue weighted by Crippen LogP contribution is 2.38. The number of aromatic nitrogens is 1. The van der Waals surface area contributed by atoms with Crippen molar-refractivity contribution in [3.8, 4) is 0 Å². The van der Waals surface area contributed by atoms with E-state index in [1.165, 1.54) is 0 Å². The van der Waals surface area contributed by atoms with Crippen molar-refractivity contribution < 1.29 is 4.79 Å². The van der Waals surface area contributed by atoms with Gasteiger partial charge in [0.25, 0.3) is 0 Å². The van der Waals surface area contributed by atoms with E-state index in [0.29, 0.717) is 25.1 Å². The number of rotatable bonds is 5. The fourth-order valence-electron chi connectivity index (χ4n) is 3.44. The average molecular weight is 321 g/mol. The molecule has 2 heterocycles. The van der Waals surface area contributed by atoms with Crippen LogP contribution in [0.25, 0.3) is 10.4 Å². The molecule has 0 bridgehead atoms. The van der Waals surface area contributed by atoms with Crippen molar-refractivity contribution in [2.24, 2.45) is 11.0 Å². The monoisotopic (exact) mass is 321 g/mol. The summed E-state index contributed by atoms with van der Waals surface area (Å²) in [7, 11) is 0. The standard InChI is InChI=1S/C18H19N5O/c1-2-18(9-5-3-6-10-18)23-13-14(12-16(23)24)17(21-22-19)15-8-4-7-11-20-15/h2-9,11,14,17H,1,10,12-13H2/t14-,17?,18-/m1/s1. The molecule has 122 valence electrons. The predicted octanol–water partition coefficient (Wildman–Crippen LogP) is 3.72.